The smallest absolute Gasteiger partial charge is 0.105 e. The summed E-state index contributed by atoms with van der Waals surface area (Å²) in [5.41, 5.74) is 7.12. The third-order valence-electron chi connectivity index (χ3n) is 2.48. The van der Waals surface area contributed by atoms with Crippen molar-refractivity contribution >= 4 is 32.4 Å². The van der Waals surface area contributed by atoms with E-state index in [4.69, 9.17) is 10.8 Å². The average molecular weight is 239 g/mol. The molecule has 0 spiro atoms. The quantitative estimate of drug-likeness (QED) is 0.767. The fraction of sp³-hybridized carbons (Fsp3) is 0.455. The van der Waals surface area contributed by atoms with Crippen molar-refractivity contribution in [2.24, 2.45) is 0 Å². The number of rotatable bonds is 4. The number of hydrogen-bond acceptors (Lipinski definition) is 4. The number of nitrogens with zero attached hydrogens (tertiary/aromatic N) is 1. The van der Waals surface area contributed by atoms with E-state index in [0.717, 1.165) is 16.3 Å². The molecule has 4 nitrogen and oxygen atoms in total. The molecule has 0 aliphatic rings. The molecule has 4 N–H and O–H groups in total. The van der Waals surface area contributed by atoms with Gasteiger partial charge < -0.3 is 20.7 Å². The number of nitrogens with two attached hydrogens (primary N) is 1. The lowest BCUT2D eigenvalue weighted by Gasteiger charge is -2.10. The van der Waals surface area contributed by atoms with Gasteiger partial charge in [0.15, 0.2) is 0 Å². The molecule has 88 valence electrons. The Bertz CT molecular complexity index is 487. The van der Waals surface area contributed by atoms with Gasteiger partial charge in [-0.25, -0.2) is 0 Å². The largest absolute Gasteiger partial charge is 0.395 e. The first-order valence-electron chi connectivity index (χ1n) is 5.38. The molecule has 0 radical (unpaired) electrons. The van der Waals surface area contributed by atoms with E-state index in [1.807, 2.05) is 6.07 Å². The summed E-state index contributed by atoms with van der Waals surface area (Å²) in [5.74, 6) is 0.810. The second kappa shape index (κ2) is 4.35. The van der Waals surface area contributed by atoms with E-state index >= 15 is 0 Å². The van der Waals surface area contributed by atoms with Crippen molar-refractivity contribution < 1.29 is 5.11 Å². The summed E-state index contributed by atoms with van der Waals surface area (Å²) in [5, 5.41) is 13.0. The lowest BCUT2D eigenvalue weighted by Crippen LogP contribution is -2.05. The van der Waals surface area contributed by atoms with Crippen molar-refractivity contribution in [3.05, 3.63) is 12.1 Å². The molecule has 0 bridgehead atoms. The van der Waals surface area contributed by atoms with Gasteiger partial charge in [-0.3, -0.25) is 0 Å². The van der Waals surface area contributed by atoms with Crippen LogP contribution < -0.4 is 11.1 Å². The molecule has 0 aliphatic heterocycles. The van der Waals surface area contributed by atoms with Crippen LogP contribution in [0.5, 0.6) is 0 Å². The Labute approximate surface area is 98.7 Å². The van der Waals surface area contributed by atoms with Gasteiger partial charge >= 0.3 is 0 Å². The summed E-state index contributed by atoms with van der Waals surface area (Å²) in [7, 11) is 0. The van der Waals surface area contributed by atoms with Gasteiger partial charge in [0.05, 0.1) is 21.8 Å². The molecule has 2 aromatic heterocycles. The Kier molecular flexibility index (Phi) is 3.07. The maximum absolute atomic E-state index is 8.76. The summed E-state index contributed by atoms with van der Waals surface area (Å²) in [4.78, 5) is 0. The van der Waals surface area contributed by atoms with Crippen LogP contribution in [0.1, 0.15) is 19.9 Å². The SMILES string of the molecule is CC(C)n1c(N)cc2sc(NCCO)cc21. The number of hydrogen-bond donors (Lipinski definition) is 3. The number of nitrogen functional groups attached to an aromatic ring is 1. The first kappa shape index (κ1) is 11.3. The minimum absolute atomic E-state index is 0.147. The number of anilines is 2. The van der Waals surface area contributed by atoms with Crippen molar-refractivity contribution in [2.45, 2.75) is 19.9 Å². The Balaban J connectivity index is 2.39. The Morgan fingerprint density at radius 1 is 1.50 bits per heavy atom. The zero-order valence-electron chi connectivity index (χ0n) is 9.53. The van der Waals surface area contributed by atoms with E-state index in [9.17, 15) is 0 Å². The number of aliphatic hydroxyl groups is 1. The Hall–Kier alpha value is -1.20. The predicted molar refractivity (Wildman–Crippen MR) is 70.2 cm³/mol. The van der Waals surface area contributed by atoms with E-state index in [0.29, 0.717) is 12.6 Å². The van der Waals surface area contributed by atoms with Gasteiger partial charge in [-0.1, -0.05) is 0 Å². The summed E-state index contributed by atoms with van der Waals surface area (Å²) >= 11 is 1.67. The van der Waals surface area contributed by atoms with Crippen molar-refractivity contribution in [1.29, 1.82) is 0 Å². The molecular formula is C11H17N3OS. The molecule has 0 aliphatic carbocycles. The molecule has 0 unspecified atom stereocenters. The highest BCUT2D eigenvalue weighted by molar-refractivity contribution is 7.22. The van der Waals surface area contributed by atoms with Crippen molar-refractivity contribution in [3.8, 4) is 0 Å². The van der Waals surface area contributed by atoms with Crippen LogP contribution in [0.2, 0.25) is 0 Å². The molecule has 0 fully saturated rings. The molecule has 0 saturated heterocycles. The number of fused-ring (bicyclic) bond motifs is 1. The van der Waals surface area contributed by atoms with Crippen molar-refractivity contribution in [1.82, 2.24) is 4.57 Å². The summed E-state index contributed by atoms with van der Waals surface area (Å²) < 4.78 is 3.31. The first-order valence-corrected chi connectivity index (χ1v) is 6.20. The fourth-order valence-electron chi connectivity index (χ4n) is 1.87. The third-order valence-corrected chi connectivity index (χ3v) is 3.51. The van der Waals surface area contributed by atoms with Gasteiger partial charge in [0.2, 0.25) is 0 Å². The first-order chi connectivity index (χ1) is 7.63. The van der Waals surface area contributed by atoms with Gasteiger partial charge in [0, 0.05) is 12.6 Å². The zero-order chi connectivity index (χ0) is 11.7. The number of aliphatic hydroxyl groups excluding tert-OH is 1. The molecule has 2 rings (SSSR count). The normalized spacial score (nSPS) is 11.5. The monoisotopic (exact) mass is 239 g/mol. The number of nitrogens with one attached hydrogen (secondary N) is 1. The van der Waals surface area contributed by atoms with Gasteiger partial charge in [0.1, 0.15) is 5.82 Å². The van der Waals surface area contributed by atoms with Gasteiger partial charge in [-0.2, -0.15) is 0 Å². The summed E-state index contributed by atoms with van der Waals surface area (Å²) in [6, 6.07) is 4.45. The lowest BCUT2D eigenvalue weighted by atomic mass is 10.4. The lowest BCUT2D eigenvalue weighted by molar-refractivity contribution is 0.311. The molecule has 0 saturated carbocycles. The topological polar surface area (TPSA) is 63.2 Å². The molecule has 0 atom stereocenters. The van der Waals surface area contributed by atoms with Crippen LogP contribution >= 0.6 is 11.3 Å². The minimum Gasteiger partial charge on any atom is -0.395 e. The highest BCUT2D eigenvalue weighted by Gasteiger charge is 2.12. The fourth-order valence-corrected chi connectivity index (χ4v) is 2.90. The molecule has 0 aromatic carbocycles. The van der Waals surface area contributed by atoms with E-state index in [-0.39, 0.29) is 6.61 Å². The van der Waals surface area contributed by atoms with Crippen LogP contribution in [0, 0.1) is 0 Å². The van der Waals surface area contributed by atoms with E-state index in [1.54, 1.807) is 11.3 Å². The summed E-state index contributed by atoms with van der Waals surface area (Å²) in [6.07, 6.45) is 0. The molecule has 2 heterocycles. The number of aromatic nitrogens is 1. The van der Waals surface area contributed by atoms with Crippen LogP contribution in [-0.2, 0) is 0 Å². The Morgan fingerprint density at radius 2 is 2.25 bits per heavy atom. The van der Waals surface area contributed by atoms with Crippen LogP contribution in [0.25, 0.3) is 10.2 Å². The maximum atomic E-state index is 8.76. The van der Waals surface area contributed by atoms with E-state index in [1.165, 1.54) is 4.70 Å². The predicted octanol–water partition coefficient (Wildman–Crippen LogP) is 2.27. The minimum atomic E-state index is 0.147. The highest BCUT2D eigenvalue weighted by atomic mass is 32.1. The Morgan fingerprint density at radius 3 is 2.88 bits per heavy atom. The van der Waals surface area contributed by atoms with Crippen molar-refractivity contribution in [2.75, 3.05) is 24.2 Å². The van der Waals surface area contributed by atoms with Gasteiger partial charge in [-0.15, -0.1) is 11.3 Å². The average Bonchev–Trinajstić information content (AvgIpc) is 2.69. The molecule has 5 heteroatoms. The third kappa shape index (κ3) is 1.88. The van der Waals surface area contributed by atoms with Gasteiger partial charge in [0.25, 0.3) is 0 Å². The molecular weight excluding hydrogens is 222 g/mol. The van der Waals surface area contributed by atoms with Gasteiger partial charge in [-0.05, 0) is 26.0 Å². The van der Waals surface area contributed by atoms with Crippen LogP contribution in [0.15, 0.2) is 12.1 Å². The maximum Gasteiger partial charge on any atom is 0.105 e. The molecule has 2 aromatic rings. The highest BCUT2D eigenvalue weighted by Crippen LogP contribution is 2.35. The second-order valence-electron chi connectivity index (χ2n) is 4.04. The van der Waals surface area contributed by atoms with Crippen LogP contribution in [0.3, 0.4) is 0 Å². The molecule has 16 heavy (non-hydrogen) atoms. The standard InChI is InChI=1S/C11H17N3OS/c1-7(2)14-8-5-11(13-3-4-15)16-9(8)6-10(14)12/h5-7,13,15H,3-4,12H2,1-2H3. The molecule has 0 amide bonds. The second-order valence-corrected chi connectivity index (χ2v) is 5.13. The summed E-state index contributed by atoms with van der Waals surface area (Å²) in [6.45, 7) is 4.97. The zero-order valence-corrected chi connectivity index (χ0v) is 10.3. The van der Waals surface area contributed by atoms with Crippen molar-refractivity contribution in [3.63, 3.8) is 0 Å². The van der Waals surface area contributed by atoms with Crippen LogP contribution in [-0.4, -0.2) is 22.8 Å². The van der Waals surface area contributed by atoms with E-state index < -0.39 is 0 Å². The number of thiophene rings is 1. The van der Waals surface area contributed by atoms with E-state index in [2.05, 4.69) is 29.8 Å². The van der Waals surface area contributed by atoms with Crippen LogP contribution in [0.4, 0.5) is 10.8 Å².